The number of carbonyl (C=O) groups excluding carboxylic acids is 2. The molecule has 0 aliphatic carbocycles. The van der Waals surface area contributed by atoms with Crippen molar-refractivity contribution in [1.29, 1.82) is 5.26 Å². The van der Waals surface area contributed by atoms with E-state index in [0.717, 1.165) is 0 Å². The van der Waals surface area contributed by atoms with Crippen LogP contribution in [-0.2, 0) is 4.79 Å². The van der Waals surface area contributed by atoms with Gasteiger partial charge in [0.2, 0.25) is 0 Å². The molecule has 23 heavy (non-hydrogen) atoms. The molecule has 1 aliphatic heterocycles. The van der Waals surface area contributed by atoms with Crippen molar-refractivity contribution < 1.29 is 19.1 Å². The summed E-state index contributed by atoms with van der Waals surface area (Å²) < 4.78 is 10.7. The van der Waals surface area contributed by atoms with Crippen LogP contribution in [0.3, 0.4) is 0 Å². The van der Waals surface area contributed by atoms with E-state index in [0.29, 0.717) is 28.3 Å². The first-order chi connectivity index (χ1) is 11.2. The summed E-state index contributed by atoms with van der Waals surface area (Å²) in [6, 6.07) is 13.4. The standard InChI is InChI=1S/C17H12N2O4/c18-8-11-2-1-3-13(6-11)22-9-15(20)12-4-5-16-14(7-12)19-17(21)10-23-16/h1-7H,9-10H2,(H,19,21). The molecule has 1 amide bonds. The normalized spacial score (nSPS) is 12.4. The SMILES string of the molecule is N#Cc1cccc(OCC(=O)c2ccc3c(c2)NC(=O)CO3)c1. The molecule has 0 fully saturated rings. The molecule has 0 atom stereocenters. The van der Waals surface area contributed by atoms with Crippen LogP contribution in [0, 0.1) is 11.3 Å². The highest BCUT2D eigenvalue weighted by Crippen LogP contribution is 2.28. The van der Waals surface area contributed by atoms with Crippen LogP contribution in [0.1, 0.15) is 15.9 Å². The van der Waals surface area contributed by atoms with E-state index in [1.807, 2.05) is 6.07 Å². The van der Waals surface area contributed by atoms with E-state index in [1.165, 1.54) is 0 Å². The summed E-state index contributed by atoms with van der Waals surface area (Å²) in [6.07, 6.45) is 0. The first-order valence-electron chi connectivity index (χ1n) is 6.88. The smallest absolute Gasteiger partial charge is 0.262 e. The third kappa shape index (κ3) is 3.30. The first-order valence-corrected chi connectivity index (χ1v) is 6.88. The lowest BCUT2D eigenvalue weighted by molar-refractivity contribution is -0.118. The molecule has 2 aromatic carbocycles. The lowest BCUT2D eigenvalue weighted by Gasteiger charge is -2.18. The monoisotopic (exact) mass is 308 g/mol. The number of nitrogens with zero attached hydrogens (tertiary/aromatic N) is 1. The van der Waals surface area contributed by atoms with E-state index in [-0.39, 0.29) is 24.9 Å². The Balaban J connectivity index is 1.70. The van der Waals surface area contributed by atoms with Crippen LogP contribution >= 0.6 is 0 Å². The Hall–Kier alpha value is -3.33. The molecule has 1 N–H and O–H groups in total. The molecule has 2 aromatic rings. The fraction of sp³-hybridized carbons (Fsp3) is 0.118. The highest BCUT2D eigenvalue weighted by Gasteiger charge is 2.18. The second-order valence-corrected chi connectivity index (χ2v) is 4.90. The van der Waals surface area contributed by atoms with Gasteiger partial charge in [0.25, 0.3) is 5.91 Å². The third-order valence-electron chi connectivity index (χ3n) is 3.27. The minimum absolute atomic E-state index is 0.0291. The predicted octanol–water partition coefficient (Wildman–Crippen LogP) is 2.15. The highest BCUT2D eigenvalue weighted by atomic mass is 16.5. The molecule has 0 unspecified atom stereocenters. The number of anilines is 1. The molecule has 0 saturated carbocycles. The summed E-state index contributed by atoms with van der Waals surface area (Å²) in [7, 11) is 0. The predicted molar refractivity (Wildman–Crippen MR) is 81.5 cm³/mol. The quantitative estimate of drug-likeness (QED) is 0.874. The Kier molecular flexibility index (Phi) is 3.93. The summed E-state index contributed by atoms with van der Waals surface area (Å²) in [6.45, 7) is -0.193. The maximum Gasteiger partial charge on any atom is 0.262 e. The summed E-state index contributed by atoms with van der Waals surface area (Å²) in [5.74, 6) is 0.484. The molecular weight excluding hydrogens is 296 g/mol. The Labute approximate surface area is 132 Å². The number of amides is 1. The maximum absolute atomic E-state index is 12.2. The van der Waals surface area contributed by atoms with Gasteiger partial charge in [0.05, 0.1) is 17.3 Å². The number of ketones is 1. The number of rotatable bonds is 4. The van der Waals surface area contributed by atoms with Crippen LogP contribution in [0.2, 0.25) is 0 Å². The lowest BCUT2D eigenvalue weighted by Crippen LogP contribution is -2.25. The van der Waals surface area contributed by atoms with E-state index in [2.05, 4.69) is 5.32 Å². The van der Waals surface area contributed by atoms with Gasteiger partial charge in [-0.3, -0.25) is 9.59 Å². The molecule has 1 heterocycles. The summed E-state index contributed by atoms with van der Waals surface area (Å²) >= 11 is 0. The summed E-state index contributed by atoms with van der Waals surface area (Å²) in [5.41, 5.74) is 1.34. The zero-order valence-electron chi connectivity index (χ0n) is 12.0. The van der Waals surface area contributed by atoms with Gasteiger partial charge in [0.15, 0.2) is 19.0 Å². The largest absolute Gasteiger partial charge is 0.485 e. The third-order valence-corrected chi connectivity index (χ3v) is 3.27. The van der Waals surface area contributed by atoms with E-state index in [9.17, 15) is 9.59 Å². The van der Waals surface area contributed by atoms with Crippen LogP contribution < -0.4 is 14.8 Å². The van der Waals surface area contributed by atoms with Crippen molar-refractivity contribution in [2.45, 2.75) is 0 Å². The molecule has 0 aromatic heterocycles. The highest BCUT2D eigenvalue weighted by molar-refractivity contribution is 6.01. The Morgan fingerprint density at radius 1 is 1.30 bits per heavy atom. The molecular formula is C17H12N2O4. The Bertz CT molecular complexity index is 824. The van der Waals surface area contributed by atoms with Gasteiger partial charge < -0.3 is 14.8 Å². The molecule has 1 aliphatic rings. The summed E-state index contributed by atoms with van der Waals surface area (Å²) in [4.78, 5) is 23.5. The molecule has 0 bridgehead atoms. The number of ether oxygens (including phenoxy) is 2. The van der Waals surface area contributed by atoms with Crippen LogP contribution in [0.25, 0.3) is 0 Å². The fourth-order valence-corrected chi connectivity index (χ4v) is 2.14. The number of Topliss-reactive ketones (excluding diaryl/α,β-unsaturated/α-hetero) is 1. The van der Waals surface area contributed by atoms with Gasteiger partial charge in [-0.1, -0.05) is 6.07 Å². The van der Waals surface area contributed by atoms with E-state index >= 15 is 0 Å². The van der Waals surface area contributed by atoms with Crippen molar-refractivity contribution in [2.24, 2.45) is 0 Å². The Morgan fingerprint density at radius 3 is 3.00 bits per heavy atom. The topological polar surface area (TPSA) is 88.4 Å². The number of fused-ring (bicyclic) bond motifs is 1. The number of nitrogens with one attached hydrogen (secondary N) is 1. The van der Waals surface area contributed by atoms with Gasteiger partial charge in [0, 0.05) is 5.56 Å². The van der Waals surface area contributed by atoms with Gasteiger partial charge in [-0.2, -0.15) is 5.26 Å². The van der Waals surface area contributed by atoms with E-state index < -0.39 is 0 Å². The second-order valence-electron chi connectivity index (χ2n) is 4.90. The van der Waals surface area contributed by atoms with Crippen LogP contribution in [-0.4, -0.2) is 24.9 Å². The van der Waals surface area contributed by atoms with Gasteiger partial charge >= 0.3 is 0 Å². The zero-order chi connectivity index (χ0) is 16.2. The number of hydrogen-bond donors (Lipinski definition) is 1. The number of benzene rings is 2. The molecule has 0 spiro atoms. The Morgan fingerprint density at radius 2 is 2.17 bits per heavy atom. The van der Waals surface area contributed by atoms with Gasteiger partial charge in [0.1, 0.15) is 11.5 Å². The van der Waals surface area contributed by atoms with Crippen molar-refractivity contribution in [1.82, 2.24) is 0 Å². The number of carbonyl (C=O) groups is 2. The number of hydrogen-bond acceptors (Lipinski definition) is 5. The van der Waals surface area contributed by atoms with E-state index in [4.69, 9.17) is 14.7 Å². The van der Waals surface area contributed by atoms with Crippen molar-refractivity contribution in [3.05, 3.63) is 53.6 Å². The lowest BCUT2D eigenvalue weighted by atomic mass is 10.1. The van der Waals surface area contributed by atoms with Crippen molar-refractivity contribution >= 4 is 17.4 Å². The van der Waals surface area contributed by atoms with Crippen molar-refractivity contribution in [3.8, 4) is 17.6 Å². The van der Waals surface area contributed by atoms with Crippen molar-refractivity contribution in [3.63, 3.8) is 0 Å². The minimum Gasteiger partial charge on any atom is -0.485 e. The maximum atomic E-state index is 12.2. The summed E-state index contributed by atoms with van der Waals surface area (Å²) in [5, 5.41) is 11.5. The van der Waals surface area contributed by atoms with Crippen LogP contribution in [0.4, 0.5) is 5.69 Å². The average molecular weight is 308 g/mol. The minimum atomic E-state index is -0.258. The first kappa shape index (κ1) is 14.6. The molecule has 114 valence electrons. The van der Waals surface area contributed by atoms with E-state index in [1.54, 1.807) is 42.5 Å². The van der Waals surface area contributed by atoms with Crippen molar-refractivity contribution in [2.75, 3.05) is 18.5 Å². The molecule has 6 heteroatoms. The molecule has 3 rings (SSSR count). The van der Waals surface area contributed by atoms with Crippen LogP contribution in [0.15, 0.2) is 42.5 Å². The van der Waals surface area contributed by atoms with Gasteiger partial charge in [-0.15, -0.1) is 0 Å². The molecule has 0 radical (unpaired) electrons. The fourth-order valence-electron chi connectivity index (χ4n) is 2.14. The zero-order valence-corrected chi connectivity index (χ0v) is 12.0. The van der Waals surface area contributed by atoms with Gasteiger partial charge in [-0.25, -0.2) is 0 Å². The van der Waals surface area contributed by atoms with Gasteiger partial charge in [-0.05, 0) is 36.4 Å². The van der Waals surface area contributed by atoms with Crippen LogP contribution in [0.5, 0.6) is 11.5 Å². The second kappa shape index (κ2) is 6.20. The molecule has 0 saturated heterocycles. The average Bonchev–Trinajstić information content (AvgIpc) is 2.59. The molecule has 6 nitrogen and oxygen atoms in total. The number of nitriles is 1.